The molecule has 0 bridgehead atoms. The topological polar surface area (TPSA) is 157 Å². The molecule has 0 unspecified atom stereocenters. The van der Waals surface area contributed by atoms with Gasteiger partial charge in [-0.2, -0.15) is 0 Å². The van der Waals surface area contributed by atoms with E-state index in [4.69, 9.17) is 14.2 Å². The number of esters is 2. The first-order valence-electron chi connectivity index (χ1n) is 11.6. The van der Waals surface area contributed by atoms with Gasteiger partial charge in [-0.1, -0.05) is 35.4 Å². The molecule has 0 aliphatic carbocycles. The number of ether oxygens (including phenoxy) is 3. The molecule has 0 radical (unpaired) electrons. The van der Waals surface area contributed by atoms with Crippen molar-refractivity contribution in [3.63, 3.8) is 0 Å². The van der Waals surface area contributed by atoms with Crippen LogP contribution in [0, 0.1) is 13.8 Å². The lowest BCUT2D eigenvalue weighted by Crippen LogP contribution is -2.54. The maximum atomic E-state index is 13.0. The Morgan fingerprint density at radius 1 is 0.641 bits per heavy atom. The van der Waals surface area contributed by atoms with E-state index >= 15 is 0 Å². The molecule has 39 heavy (non-hydrogen) atoms. The van der Waals surface area contributed by atoms with E-state index in [9.17, 15) is 29.1 Å². The molecule has 3 aromatic rings. The maximum Gasteiger partial charge on any atom is 0.349 e. The lowest BCUT2D eigenvalue weighted by Gasteiger charge is -2.23. The molecular weight excluding hydrogens is 508 g/mol. The number of aryl methyl sites for hydroxylation is 2. The number of carboxylic acid groups (broad SMARTS) is 1. The number of benzene rings is 3. The van der Waals surface area contributed by atoms with Crippen LogP contribution in [0.4, 0.5) is 0 Å². The molecule has 11 nitrogen and oxygen atoms in total. The van der Waals surface area contributed by atoms with Gasteiger partial charge in [-0.25, -0.2) is 14.4 Å². The highest BCUT2D eigenvalue weighted by Crippen LogP contribution is 2.15. The van der Waals surface area contributed by atoms with Crippen molar-refractivity contribution >= 4 is 29.7 Å². The van der Waals surface area contributed by atoms with E-state index in [0.29, 0.717) is 5.75 Å². The third kappa shape index (κ3) is 7.65. The Hall–Kier alpha value is -5.19. The van der Waals surface area contributed by atoms with E-state index in [0.717, 1.165) is 11.1 Å². The van der Waals surface area contributed by atoms with Gasteiger partial charge in [0.2, 0.25) is 12.2 Å². The highest BCUT2D eigenvalue weighted by Gasteiger charge is 2.41. The number of amides is 2. The van der Waals surface area contributed by atoms with Crippen molar-refractivity contribution in [2.75, 3.05) is 7.11 Å². The molecule has 202 valence electrons. The number of nitrogens with one attached hydrogen (secondary N) is 2. The van der Waals surface area contributed by atoms with Crippen LogP contribution in [0.25, 0.3) is 0 Å². The van der Waals surface area contributed by atoms with Crippen molar-refractivity contribution in [2.45, 2.75) is 26.1 Å². The highest BCUT2D eigenvalue weighted by molar-refractivity contribution is 5.99. The van der Waals surface area contributed by atoms with Crippen LogP contribution >= 0.6 is 0 Å². The van der Waals surface area contributed by atoms with Crippen LogP contribution in [0.5, 0.6) is 5.75 Å². The fourth-order valence-corrected chi connectivity index (χ4v) is 3.24. The Kier molecular flexibility index (Phi) is 9.36. The summed E-state index contributed by atoms with van der Waals surface area (Å²) in [5.74, 6) is -5.37. The Balaban J connectivity index is 1.83. The Labute approximate surface area is 223 Å². The van der Waals surface area contributed by atoms with Gasteiger partial charge in [0, 0.05) is 5.56 Å². The lowest BCUT2D eigenvalue weighted by molar-refractivity contribution is -0.159. The van der Waals surface area contributed by atoms with Crippen LogP contribution in [-0.2, 0) is 19.1 Å². The molecule has 0 fully saturated rings. The first kappa shape index (κ1) is 28.4. The molecule has 0 aliphatic rings. The molecule has 0 saturated heterocycles. The lowest BCUT2D eigenvalue weighted by atomic mass is 10.1. The van der Waals surface area contributed by atoms with Gasteiger partial charge in [0.1, 0.15) is 5.75 Å². The summed E-state index contributed by atoms with van der Waals surface area (Å²) in [6.07, 6.45) is -4.41. The predicted octanol–water partition coefficient (Wildman–Crippen LogP) is 2.61. The molecule has 0 aliphatic heterocycles. The Bertz CT molecular complexity index is 1350. The van der Waals surface area contributed by atoms with E-state index < -0.39 is 41.9 Å². The zero-order valence-electron chi connectivity index (χ0n) is 21.3. The molecule has 11 heteroatoms. The number of rotatable bonds is 9. The van der Waals surface area contributed by atoms with E-state index in [1.165, 1.54) is 55.6 Å². The van der Waals surface area contributed by atoms with Crippen molar-refractivity contribution in [3.05, 3.63) is 101 Å². The van der Waals surface area contributed by atoms with Crippen molar-refractivity contribution in [2.24, 2.45) is 0 Å². The third-order valence-electron chi connectivity index (χ3n) is 5.47. The number of aliphatic carboxylic acids is 1. The number of carbonyl (C=O) groups is 5. The summed E-state index contributed by atoms with van der Waals surface area (Å²) >= 11 is 0. The zero-order chi connectivity index (χ0) is 28.5. The van der Waals surface area contributed by atoms with Gasteiger partial charge in [0.25, 0.3) is 11.8 Å². The molecule has 2 amide bonds. The van der Waals surface area contributed by atoms with Gasteiger partial charge >= 0.3 is 17.9 Å². The summed E-state index contributed by atoms with van der Waals surface area (Å²) in [6, 6.07) is 18.0. The van der Waals surface area contributed by atoms with Crippen molar-refractivity contribution in [3.8, 4) is 5.75 Å². The van der Waals surface area contributed by atoms with Crippen molar-refractivity contribution in [1.29, 1.82) is 0 Å². The van der Waals surface area contributed by atoms with Gasteiger partial charge in [0.15, 0.2) is 0 Å². The quantitative estimate of drug-likeness (QED) is 0.277. The molecule has 0 heterocycles. The average Bonchev–Trinajstić information content (AvgIpc) is 2.93. The van der Waals surface area contributed by atoms with Crippen LogP contribution < -0.4 is 15.6 Å². The molecule has 0 saturated carbocycles. The molecule has 3 N–H and O–H groups in total. The smallest absolute Gasteiger partial charge is 0.349 e. The fraction of sp³-hybridized carbons (Fsp3) is 0.179. The summed E-state index contributed by atoms with van der Waals surface area (Å²) in [4.78, 5) is 63.0. The SMILES string of the molecule is COc1ccc(C(=O)NNC(=O)[C@@H](OC(=O)c2ccc(C)cc2)[C@@H](OC(=O)c2ccc(C)cc2)C(=O)O)cc1. The third-order valence-corrected chi connectivity index (χ3v) is 5.47. The summed E-state index contributed by atoms with van der Waals surface area (Å²) in [5, 5.41) is 9.81. The number of carboxylic acids is 1. The first-order valence-corrected chi connectivity index (χ1v) is 11.6. The zero-order valence-corrected chi connectivity index (χ0v) is 21.3. The number of hydrazine groups is 1. The molecule has 3 aromatic carbocycles. The molecule has 0 spiro atoms. The second-order valence-corrected chi connectivity index (χ2v) is 8.39. The summed E-state index contributed by atoms with van der Waals surface area (Å²) in [6.45, 7) is 3.59. The summed E-state index contributed by atoms with van der Waals surface area (Å²) < 4.78 is 15.3. The highest BCUT2D eigenvalue weighted by atomic mass is 16.6. The Morgan fingerprint density at radius 2 is 1.08 bits per heavy atom. The minimum Gasteiger partial charge on any atom is -0.497 e. The second-order valence-electron chi connectivity index (χ2n) is 8.39. The van der Waals surface area contributed by atoms with Gasteiger partial charge in [-0.3, -0.25) is 20.4 Å². The van der Waals surface area contributed by atoms with E-state index in [1.807, 2.05) is 5.43 Å². The molecular formula is C28H26N2O9. The number of methoxy groups -OCH3 is 1. The molecule has 0 aromatic heterocycles. The normalized spacial score (nSPS) is 11.9. The van der Waals surface area contributed by atoms with Crippen LogP contribution in [0.3, 0.4) is 0 Å². The number of carbonyl (C=O) groups excluding carboxylic acids is 4. The summed E-state index contributed by atoms with van der Waals surface area (Å²) in [7, 11) is 1.46. The average molecular weight is 535 g/mol. The minimum atomic E-state index is -2.24. The van der Waals surface area contributed by atoms with Crippen LogP contribution in [0.2, 0.25) is 0 Å². The number of hydrogen-bond acceptors (Lipinski definition) is 8. The monoisotopic (exact) mass is 534 g/mol. The van der Waals surface area contributed by atoms with Crippen LogP contribution in [-0.4, -0.2) is 54.1 Å². The molecule has 2 atom stereocenters. The minimum absolute atomic E-state index is 0.0173. The van der Waals surface area contributed by atoms with Gasteiger partial charge in [-0.05, 0) is 62.4 Å². The van der Waals surface area contributed by atoms with Gasteiger partial charge < -0.3 is 19.3 Å². The Morgan fingerprint density at radius 3 is 1.51 bits per heavy atom. The largest absolute Gasteiger partial charge is 0.497 e. The second kappa shape index (κ2) is 12.9. The fourth-order valence-electron chi connectivity index (χ4n) is 3.24. The van der Waals surface area contributed by atoms with Crippen LogP contribution in [0.15, 0.2) is 72.8 Å². The van der Waals surface area contributed by atoms with Gasteiger partial charge in [0.05, 0.1) is 18.2 Å². The first-order chi connectivity index (χ1) is 18.6. The maximum absolute atomic E-state index is 13.0. The van der Waals surface area contributed by atoms with Crippen LogP contribution in [0.1, 0.15) is 42.2 Å². The summed E-state index contributed by atoms with van der Waals surface area (Å²) in [5.41, 5.74) is 6.02. The van der Waals surface area contributed by atoms with E-state index in [1.54, 1.807) is 38.1 Å². The molecule has 3 rings (SSSR count). The van der Waals surface area contributed by atoms with Crippen molar-refractivity contribution < 1.29 is 43.3 Å². The van der Waals surface area contributed by atoms with Crippen molar-refractivity contribution in [1.82, 2.24) is 10.9 Å². The van der Waals surface area contributed by atoms with E-state index in [2.05, 4.69) is 5.43 Å². The van der Waals surface area contributed by atoms with Gasteiger partial charge in [-0.15, -0.1) is 0 Å². The predicted molar refractivity (Wildman–Crippen MR) is 137 cm³/mol. The van der Waals surface area contributed by atoms with E-state index in [-0.39, 0.29) is 16.7 Å². The number of hydrogen-bond donors (Lipinski definition) is 3. The standard InChI is InChI=1S/C28H26N2O9/c1-16-4-8-19(9-5-16)27(35)38-22(23(26(33)34)39-28(36)20-10-6-17(2)7-11-20)25(32)30-29-24(31)18-12-14-21(37-3)15-13-18/h4-15,22-23H,1-3H3,(H,29,31)(H,30,32)(H,33,34)/t22-,23+/m0/s1.